The number of rotatable bonds is 3. The maximum Gasteiger partial charge on any atom is 0.238 e. The molecule has 0 aromatic heterocycles. The van der Waals surface area contributed by atoms with Gasteiger partial charge in [0.2, 0.25) is 5.91 Å². The first-order valence-corrected chi connectivity index (χ1v) is 7.65. The molecule has 1 amide bonds. The van der Waals surface area contributed by atoms with E-state index in [0.29, 0.717) is 12.6 Å². The van der Waals surface area contributed by atoms with E-state index in [2.05, 4.69) is 51.1 Å². The zero-order valence-corrected chi connectivity index (χ0v) is 14.8. The summed E-state index contributed by atoms with van der Waals surface area (Å²) in [6, 6.07) is 6.47. The number of hydrogen-bond donors (Lipinski definition) is 2. The Labute approximate surface area is 140 Å². The Morgan fingerprint density at radius 3 is 2.95 bits per heavy atom. The van der Waals surface area contributed by atoms with Crippen LogP contribution in [0.3, 0.4) is 0 Å². The molecule has 6 heteroatoms. The van der Waals surface area contributed by atoms with Crippen molar-refractivity contribution < 1.29 is 4.79 Å². The quantitative estimate of drug-likeness (QED) is 0.753. The number of nitrogens with one attached hydrogen (secondary N) is 2. The van der Waals surface area contributed by atoms with Crippen LogP contribution in [0.25, 0.3) is 0 Å². The van der Waals surface area contributed by atoms with E-state index in [0.717, 1.165) is 30.9 Å². The highest BCUT2D eigenvalue weighted by molar-refractivity contribution is 14.1. The average molecular weight is 410 g/mol. The molecule has 0 aliphatic carbocycles. The van der Waals surface area contributed by atoms with E-state index >= 15 is 0 Å². The summed E-state index contributed by atoms with van der Waals surface area (Å²) in [5.41, 5.74) is 2.02. The maximum atomic E-state index is 12.1. The van der Waals surface area contributed by atoms with E-state index in [1.165, 1.54) is 3.57 Å². The van der Waals surface area contributed by atoms with Crippen LogP contribution in [0, 0.1) is 10.5 Å². The molecule has 4 nitrogen and oxygen atoms in total. The highest BCUT2D eigenvalue weighted by Gasteiger charge is 2.20. The number of carbonyl (C=O) groups is 1. The highest BCUT2D eigenvalue weighted by Crippen LogP contribution is 2.17. The van der Waals surface area contributed by atoms with Gasteiger partial charge in [-0.1, -0.05) is 0 Å². The molecule has 1 aliphatic rings. The molecule has 1 aliphatic heterocycles. The molecule has 1 fully saturated rings. The summed E-state index contributed by atoms with van der Waals surface area (Å²) in [4.78, 5) is 14.3. The van der Waals surface area contributed by atoms with Gasteiger partial charge in [0.25, 0.3) is 0 Å². The first kappa shape index (κ1) is 17.7. The minimum Gasteiger partial charge on any atom is -0.325 e. The van der Waals surface area contributed by atoms with Gasteiger partial charge in [-0.2, -0.15) is 0 Å². The van der Waals surface area contributed by atoms with Gasteiger partial charge in [-0.25, -0.2) is 0 Å². The summed E-state index contributed by atoms with van der Waals surface area (Å²) >= 11 is 2.28. The zero-order valence-electron chi connectivity index (χ0n) is 11.8. The van der Waals surface area contributed by atoms with Crippen molar-refractivity contribution >= 4 is 46.6 Å². The number of benzene rings is 1. The van der Waals surface area contributed by atoms with Gasteiger partial charge in [-0.05, 0) is 60.2 Å². The van der Waals surface area contributed by atoms with Gasteiger partial charge in [-0.15, -0.1) is 12.4 Å². The lowest BCUT2D eigenvalue weighted by molar-refractivity contribution is -0.118. The molecule has 1 atom stereocenters. The van der Waals surface area contributed by atoms with Gasteiger partial charge in [-0.3, -0.25) is 9.69 Å². The number of carbonyl (C=O) groups excluding carboxylic acids is 1. The largest absolute Gasteiger partial charge is 0.325 e. The van der Waals surface area contributed by atoms with E-state index in [4.69, 9.17) is 0 Å². The van der Waals surface area contributed by atoms with Gasteiger partial charge >= 0.3 is 0 Å². The number of anilines is 1. The molecule has 112 valence electrons. The monoisotopic (exact) mass is 409 g/mol. The van der Waals surface area contributed by atoms with Crippen LogP contribution >= 0.6 is 35.0 Å². The van der Waals surface area contributed by atoms with Crippen molar-refractivity contribution in [2.75, 3.05) is 31.5 Å². The molecule has 2 N–H and O–H groups in total. The van der Waals surface area contributed by atoms with Crippen LogP contribution in [-0.4, -0.2) is 43.0 Å². The number of amides is 1. The van der Waals surface area contributed by atoms with Crippen molar-refractivity contribution in [2.24, 2.45) is 0 Å². The maximum absolute atomic E-state index is 12.1. The third kappa shape index (κ3) is 4.87. The predicted molar refractivity (Wildman–Crippen MR) is 93.7 cm³/mol. The van der Waals surface area contributed by atoms with Crippen LogP contribution in [-0.2, 0) is 4.79 Å². The Hall–Kier alpha value is -0.370. The minimum atomic E-state index is 0. The van der Waals surface area contributed by atoms with Gasteiger partial charge < -0.3 is 10.6 Å². The number of hydrogen-bond acceptors (Lipinski definition) is 3. The fourth-order valence-corrected chi connectivity index (χ4v) is 2.91. The fraction of sp³-hybridized carbons (Fsp3) is 0.500. The molecule has 20 heavy (non-hydrogen) atoms. The fourth-order valence-electron chi connectivity index (χ4n) is 2.26. The predicted octanol–water partition coefficient (Wildman–Crippen LogP) is 2.25. The topological polar surface area (TPSA) is 44.4 Å². The molecule has 0 unspecified atom stereocenters. The van der Waals surface area contributed by atoms with E-state index < -0.39 is 0 Å². The van der Waals surface area contributed by atoms with Crippen LogP contribution in [0.15, 0.2) is 18.2 Å². The second-order valence-corrected chi connectivity index (χ2v) is 6.28. The first-order chi connectivity index (χ1) is 9.06. The molecule has 1 saturated heterocycles. The molecular weight excluding hydrogens is 389 g/mol. The van der Waals surface area contributed by atoms with E-state index in [1.807, 2.05) is 19.1 Å². The van der Waals surface area contributed by atoms with E-state index in [9.17, 15) is 4.79 Å². The third-order valence-electron chi connectivity index (χ3n) is 3.45. The lowest BCUT2D eigenvalue weighted by atomic mass is 10.2. The van der Waals surface area contributed by atoms with Crippen LogP contribution in [0.1, 0.15) is 12.5 Å². The summed E-state index contributed by atoms with van der Waals surface area (Å²) in [6.45, 7) is 7.48. The third-order valence-corrected chi connectivity index (χ3v) is 4.12. The molecule has 1 aromatic carbocycles. The smallest absolute Gasteiger partial charge is 0.238 e. The average Bonchev–Trinajstić information content (AvgIpc) is 2.36. The number of aryl methyl sites for hydroxylation is 1. The van der Waals surface area contributed by atoms with Gasteiger partial charge in [0.1, 0.15) is 0 Å². The Balaban J connectivity index is 0.00000200. The summed E-state index contributed by atoms with van der Waals surface area (Å²) < 4.78 is 1.18. The van der Waals surface area contributed by atoms with E-state index in [-0.39, 0.29) is 18.3 Å². The lowest BCUT2D eigenvalue weighted by Crippen LogP contribution is -2.52. The highest BCUT2D eigenvalue weighted by atomic mass is 127. The normalized spacial score (nSPS) is 19.2. The molecule has 0 radical (unpaired) electrons. The Morgan fingerprint density at radius 2 is 2.30 bits per heavy atom. The van der Waals surface area contributed by atoms with Crippen molar-refractivity contribution in [1.29, 1.82) is 0 Å². The van der Waals surface area contributed by atoms with Crippen molar-refractivity contribution in [2.45, 2.75) is 19.9 Å². The number of piperazine rings is 1. The Bertz CT molecular complexity index is 470. The molecular formula is C14H21ClIN3O. The molecule has 1 heterocycles. The standard InChI is InChI=1S/C14H20IN3O.ClH/c1-10-7-12(15)3-4-13(10)17-14(19)9-18-6-5-16-8-11(18)2;/h3-4,7,11,16H,5-6,8-9H2,1-2H3,(H,17,19);1H/t11-;/m0./s1. The van der Waals surface area contributed by atoms with Crippen molar-refractivity contribution in [3.8, 4) is 0 Å². The van der Waals surface area contributed by atoms with Gasteiger partial charge in [0, 0.05) is 34.9 Å². The van der Waals surface area contributed by atoms with Crippen LogP contribution in [0.2, 0.25) is 0 Å². The summed E-state index contributed by atoms with van der Waals surface area (Å²) in [6.07, 6.45) is 0. The molecule has 0 saturated carbocycles. The summed E-state index contributed by atoms with van der Waals surface area (Å²) in [5, 5.41) is 6.33. The minimum absolute atomic E-state index is 0. The van der Waals surface area contributed by atoms with Crippen LogP contribution < -0.4 is 10.6 Å². The van der Waals surface area contributed by atoms with Crippen molar-refractivity contribution in [3.63, 3.8) is 0 Å². The molecule has 0 bridgehead atoms. The van der Waals surface area contributed by atoms with Crippen LogP contribution in [0.5, 0.6) is 0 Å². The number of nitrogens with zero attached hydrogens (tertiary/aromatic N) is 1. The second-order valence-electron chi connectivity index (χ2n) is 5.03. The Morgan fingerprint density at radius 1 is 1.55 bits per heavy atom. The van der Waals surface area contributed by atoms with Crippen LogP contribution in [0.4, 0.5) is 5.69 Å². The summed E-state index contributed by atoms with van der Waals surface area (Å²) in [7, 11) is 0. The summed E-state index contributed by atoms with van der Waals surface area (Å²) in [5.74, 6) is 0.0676. The zero-order chi connectivity index (χ0) is 13.8. The lowest BCUT2D eigenvalue weighted by Gasteiger charge is -2.33. The van der Waals surface area contributed by atoms with Crippen molar-refractivity contribution in [3.05, 3.63) is 27.3 Å². The Kier molecular flexibility index (Phi) is 7.22. The second kappa shape index (κ2) is 8.17. The van der Waals surface area contributed by atoms with Gasteiger partial charge in [0.05, 0.1) is 6.54 Å². The number of halogens is 2. The van der Waals surface area contributed by atoms with Crippen molar-refractivity contribution in [1.82, 2.24) is 10.2 Å². The first-order valence-electron chi connectivity index (χ1n) is 6.57. The van der Waals surface area contributed by atoms with Gasteiger partial charge in [0.15, 0.2) is 0 Å². The van der Waals surface area contributed by atoms with E-state index in [1.54, 1.807) is 0 Å². The molecule has 2 rings (SSSR count). The molecule has 1 aromatic rings. The SMILES string of the molecule is Cc1cc(I)ccc1NC(=O)CN1CCNC[C@@H]1C.Cl. The molecule has 0 spiro atoms.